The molecule has 21 heavy (non-hydrogen) atoms. The van der Waals surface area contributed by atoms with Crippen LogP contribution in [0.15, 0.2) is 23.1 Å². The second kappa shape index (κ2) is 7.66. The van der Waals surface area contributed by atoms with Crippen LogP contribution >= 0.6 is 12.4 Å². The van der Waals surface area contributed by atoms with Gasteiger partial charge in [0, 0.05) is 18.2 Å². The number of benzene rings is 1. The Morgan fingerprint density at radius 2 is 1.95 bits per heavy atom. The third-order valence-electron chi connectivity index (χ3n) is 2.80. The maximum absolute atomic E-state index is 11.6. The number of non-ortho nitro benzene ring substituents is 1. The third kappa shape index (κ3) is 5.56. The fourth-order valence-electron chi connectivity index (χ4n) is 1.74. The number of halogens is 1. The van der Waals surface area contributed by atoms with Crippen LogP contribution in [0.2, 0.25) is 0 Å². The Kier molecular flexibility index (Phi) is 7.20. The minimum atomic E-state index is -4.07. The highest BCUT2D eigenvalue weighted by molar-refractivity contribution is 7.89. The Morgan fingerprint density at radius 3 is 2.38 bits per heavy atom. The minimum Gasteiger partial charge on any atom is -0.324 e. The highest BCUT2D eigenvalue weighted by Gasteiger charge is 2.22. The van der Waals surface area contributed by atoms with Crippen LogP contribution in [0, 0.1) is 10.1 Å². The molecular formula is C11H19ClN4O4S. The molecule has 1 atom stereocenters. The molecule has 0 fully saturated rings. The molecule has 0 aliphatic heterocycles. The molecule has 0 radical (unpaired) electrons. The number of nitrogens with two attached hydrogens (primary N) is 2. The van der Waals surface area contributed by atoms with E-state index in [0.29, 0.717) is 18.5 Å². The summed E-state index contributed by atoms with van der Waals surface area (Å²) >= 11 is 0. The zero-order chi connectivity index (χ0) is 15.5. The molecule has 1 aromatic carbocycles. The first-order valence-corrected chi connectivity index (χ1v) is 7.39. The largest absolute Gasteiger partial charge is 0.324 e. The molecule has 0 aliphatic carbocycles. The summed E-state index contributed by atoms with van der Waals surface area (Å²) in [7, 11) is -0.343. The lowest BCUT2D eigenvalue weighted by molar-refractivity contribution is -0.385. The van der Waals surface area contributed by atoms with Crippen LogP contribution in [0.3, 0.4) is 0 Å². The highest BCUT2D eigenvalue weighted by atomic mass is 35.5. The molecular weight excluding hydrogens is 320 g/mol. The second-order valence-corrected chi connectivity index (χ2v) is 6.25. The van der Waals surface area contributed by atoms with Gasteiger partial charge in [-0.1, -0.05) is 0 Å². The van der Waals surface area contributed by atoms with Gasteiger partial charge in [0.1, 0.15) is 0 Å². The van der Waals surface area contributed by atoms with E-state index in [-0.39, 0.29) is 23.0 Å². The van der Waals surface area contributed by atoms with Crippen LogP contribution in [0.5, 0.6) is 0 Å². The van der Waals surface area contributed by atoms with Crippen molar-refractivity contribution >= 4 is 28.1 Å². The van der Waals surface area contributed by atoms with Gasteiger partial charge in [0.2, 0.25) is 10.0 Å². The Labute approximate surface area is 129 Å². The third-order valence-corrected chi connectivity index (χ3v) is 3.77. The number of hydrogen-bond acceptors (Lipinski definition) is 6. The molecule has 1 aromatic rings. The number of nitro benzene ring substituents is 1. The van der Waals surface area contributed by atoms with Gasteiger partial charge in [0.05, 0.1) is 9.82 Å². The number of hydrogen-bond donors (Lipinski definition) is 2. The molecule has 0 amide bonds. The molecule has 120 valence electrons. The van der Waals surface area contributed by atoms with Crippen molar-refractivity contribution in [2.45, 2.75) is 17.4 Å². The summed E-state index contributed by atoms with van der Waals surface area (Å²) in [4.78, 5) is 11.6. The SMILES string of the molecule is CN(C)CCC(N)c1ccc([N+](=O)[O-])cc1S(N)(=O)=O.Cl. The molecule has 0 saturated carbocycles. The van der Waals surface area contributed by atoms with E-state index in [4.69, 9.17) is 10.9 Å². The molecule has 8 nitrogen and oxygen atoms in total. The van der Waals surface area contributed by atoms with Crippen molar-refractivity contribution in [2.75, 3.05) is 20.6 Å². The van der Waals surface area contributed by atoms with E-state index in [9.17, 15) is 18.5 Å². The van der Waals surface area contributed by atoms with Crippen molar-refractivity contribution in [2.24, 2.45) is 10.9 Å². The predicted octanol–water partition coefficient (Wildman–Crippen LogP) is 0.616. The van der Waals surface area contributed by atoms with E-state index in [1.54, 1.807) is 0 Å². The predicted molar refractivity (Wildman–Crippen MR) is 81.8 cm³/mol. The minimum absolute atomic E-state index is 0. The number of rotatable bonds is 6. The van der Waals surface area contributed by atoms with Gasteiger partial charge in [0.15, 0.2) is 0 Å². The smallest absolute Gasteiger partial charge is 0.270 e. The van der Waals surface area contributed by atoms with Crippen LogP contribution in [0.4, 0.5) is 5.69 Å². The van der Waals surface area contributed by atoms with Crippen LogP contribution in [0.25, 0.3) is 0 Å². The zero-order valence-electron chi connectivity index (χ0n) is 11.7. The van der Waals surface area contributed by atoms with Crippen molar-refractivity contribution in [3.05, 3.63) is 33.9 Å². The average Bonchev–Trinajstić information content (AvgIpc) is 2.34. The quantitative estimate of drug-likeness (QED) is 0.577. The molecule has 10 heteroatoms. The van der Waals surface area contributed by atoms with Crippen molar-refractivity contribution < 1.29 is 13.3 Å². The lowest BCUT2D eigenvalue weighted by atomic mass is 10.0. The molecule has 1 unspecified atom stereocenters. The molecule has 0 bridgehead atoms. The fraction of sp³-hybridized carbons (Fsp3) is 0.455. The van der Waals surface area contributed by atoms with Gasteiger partial charge in [-0.15, -0.1) is 12.4 Å². The van der Waals surface area contributed by atoms with Crippen LogP contribution in [-0.4, -0.2) is 38.9 Å². The van der Waals surface area contributed by atoms with Crippen molar-refractivity contribution in [3.63, 3.8) is 0 Å². The van der Waals surface area contributed by atoms with E-state index in [1.807, 2.05) is 19.0 Å². The number of nitrogens with zero attached hydrogens (tertiary/aromatic N) is 2. The maximum Gasteiger partial charge on any atom is 0.270 e. The van der Waals surface area contributed by atoms with E-state index >= 15 is 0 Å². The van der Waals surface area contributed by atoms with Crippen molar-refractivity contribution in [1.29, 1.82) is 0 Å². The van der Waals surface area contributed by atoms with E-state index < -0.39 is 21.0 Å². The van der Waals surface area contributed by atoms with Gasteiger partial charge in [-0.25, -0.2) is 13.6 Å². The summed E-state index contributed by atoms with van der Waals surface area (Å²) in [5, 5.41) is 15.8. The van der Waals surface area contributed by atoms with Gasteiger partial charge in [0.25, 0.3) is 5.69 Å². The normalized spacial score (nSPS) is 12.8. The summed E-state index contributed by atoms with van der Waals surface area (Å²) in [6.45, 7) is 0.655. The Bertz CT molecular complexity index is 606. The van der Waals surface area contributed by atoms with E-state index in [1.165, 1.54) is 12.1 Å². The fourth-order valence-corrected chi connectivity index (χ4v) is 2.58. The lowest BCUT2D eigenvalue weighted by Gasteiger charge is -2.17. The topological polar surface area (TPSA) is 133 Å². The average molecular weight is 339 g/mol. The first kappa shape index (κ1) is 19.7. The highest BCUT2D eigenvalue weighted by Crippen LogP contribution is 2.26. The first-order valence-electron chi connectivity index (χ1n) is 5.84. The maximum atomic E-state index is 11.6. The van der Waals surface area contributed by atoms with E-state index in [2.05, 4.69) is 0 Å². The van der Waals surface area contributed by atoms with Gasteiger partial charge >= 0.3 is 0 Å². The molecule has 0 aliphatic rings. The van der Waals surface area contributed by atoms with Gasteiger partial charge in [-0.3, -0.25) is 10.1 Å². The second-order valence-electron chi connectivity index (χ2n) is 4.72. The molecule has 0 aromatic heterocycles. The monoisotopic (exact) mass is 338 g/mol. The number of sulfonamides is 1. The summed E-state index contributed by atoms with van der Waals surface area (Å²) in [6, 6.07) is 2.95. The zero-order valence-corrected chi connectivity index (χ0v) is 13.4. The molecule has 4 N–H and O–H groups in total. The molecule has 0 heterocycles. The lowest BCUT2D eigenvalue weighted by Crippen LogP contribution is -2.23. The Balaban J connectivity index is 0.00000400. The van der Waals surface area contributed by atoms with Crippen molar-refractivity contribution in [3.8, 4) is 0 Å². The molecule has 1 rings (SSSR count). The Morgan fingerprint density at radius 1 is 1.38 bits per heavy atom. The van der Waals surface area contributed by atoms with Gasteiger partial charge < -0.3 is 10.6 Å². The van der Waals surface area contributed by atoms with Crippen LogP contribution in [-0.2, 0) is 10.0 Å². The Hall–Kier alpha value is -1.26. The number of primary sulfonamides is 1. The number of nitro groups is 1. The summed E-state index contributed by atoms with van der Waals surface area (Å²) in [6.07, 6.45) is 0.507. The first-order chi connectivity index (χ1) is 9.12. The van der Waals surface area contributed by atoms with Gasteiger partial charge in [-0.2, -0.15) is 0 Å². The van der Waals surface area contributed by atoms with Crippen LogP contribution in [0.1, 0.15) is 18.0 Å². The van der Waals surface area contributed by atoms with Gasteiger partial charge in [-0.05, 0) is 38.7 Å². The molecule has 0 spiro atoms. The van der Waals surface area contributed by atoms with E-state index in [0.717, 1.165) is 6.07 Å². The van der Waals surface area contributed by atoms with Crippen LogP contribution < -0.4 is 10.9 Å². The van der Waals surface area contributed by atoms with Crippen molar-refractivity contribution in [1.82, 2.24) is 4.90 Å². The summed E-state index contributed by atoms with van der Waals surface area (Å²) in [5.74, 6) is 0. The summed E-state index contributed by atoms with van der Waals surface area (Å²) in [5.41, 5.74) is 5.91. The summed E-state index contributed by atoms with van der Waals surface area (Å²) < 4.78 is 23.1. The molecule has 0 saturated heterocycles. The standard InChI is InChI=1S/C11H18N4O4S.ClH/c1-14(2)6-5-10(12)9-4-3-8(15(16)17)7-11(9)20(13,18)19;/h3-4,7,10H,5-6,12H2,1-2H3,(H2,13,18,19);1H.